The molecule has 158 valence electrons. The van der Waals surface area contributed by atoms with Crippen molar-refractivity contribution >= 4 is 44.0 Å². The number of amides is 1. The SMILES string of the molecule is CN(C)c1ccc(N2C(=NC(=O)CC3CCCCC3)S[C@H]3CS(=O)(=O)C[C@H]32)cc1. The van der Waals surface area contributed by atoms with Gasteiger partial charge in [0, 0.05) is 37.1 Å². The number of carbonyl (C=O) groups is 1. The van der Waals surface area contributed by atoms with Gasteiger partial charge in [-0.2, -0.15) is 4.99 Å². The van der Waals surface area contributed by atoms with Gasteiger partial charge in [-0.25, -0.2) is 8.42 Å². The summed E-state index contributed by atoms with van der Waals surface area (Å²) in [5.41, 5.74) is 1.97. The Balaban J connectivity index is 1.58. The van der Waals surface area contributed by atoms with Gasteiger partial charge < -0.3 is 9.80 Å². The van der Waals surface area contributed by atoms with E-state index in [2.05, 4.69) is 4.99 Å². The Hall–Kier alpha value is -1.54. The zero-order valence-corrected chi connectivity index (χ0v) is 18.7. The fraction of sp³-hybridized carbons (Fsp3) is 0.619. The molecule has 0 aromatic heterocycles. The second-order valence-corrected chi connectivity index (χ2v) is 11.9. The summed E-state index contributed by atoms with van der Waals surface area (Å²) in [4.78, 5) is 21.2. The van der Waals surface area contributed by atoms with Crippen LogP contribution in [-0.4, -0.2) is 56.4 Å². The molecule has 3 aliphatic rings. The van der Waals surface area contributed by atoms with E-state index in [9.17, 15) is 13.2 Å². The molecule has 1 saturated carbocycles. The molecule has 1 amide bonds. The van der Waals surface area contributed by atoms with Gasteiger partial charge in [0.25, 0.3) is 0 Å². The molecule has 0 spiro atoms. The first-order valence-electron chi connectivity index (χ1n) is 10.4. The van der Waals surface area contributed by atoms with Crippen molar-refractivity contribution in [3.05, 3.63) is 24.3 Å². The number of amidine groups is 1. The topological polar surface area (TPSA) is 70.0 Å². The zero-order chi connectivity index (χ0) is 20.6. The van der Waals surface area contributed by atoms with Gasteiger partial charge >= 0.3 is 0 Å². The van der Waals surface area contributed by atoms with Crippen LogP contribution in [0.1, 0.15) is 38.5 Å². The average molecular weight is 436 g/mol. The van der Waals surface area contributed by atoms with Crippen molar-refractivity contribution in [1.29, 1.82) is 0 Å². The molecule has 29 heavy (non-hydrogen) atoms. The number of rotatable bonds is 4. The minimum atomic E-state index is -3.05. The summed E-state index contributed by atoms with van der Waals surface area (Å²) in [7, 11) is 0.913. The van der Waals surface area contributed by atoms with Gasteiger partial charge in [0.15, 0.2) is 15.0 Å². The highest BCUT2D eigenvalue weighted by atomic mass is 32.2. The van der Waals surface area contributed by atoms with Crippen LogP contribution in [0.15, 0.2) is 29.3 Å². The Morgan fingerprint density at radius 3 is 2.48 bits per heavy atom. The molecule has 0 unspecified atom stereocenters. The second kappa shape index (κ2) is 8.30. The Bertz CT molecular complexity index is 890. The average Bonchev–Trinajstić information content (AvgIpc) is 3.13. The third-order valence-corrected chi connectivity index (χ3v) is 9.33. The molecule has 1 aliphatic carbocycles. The molecule has 1 aromatic carbocycles. The first kappa shape index (κ1) is 20.7. The molecule has 2 aliphatic heterocycles. The second-order valence-electron chi connectivity index (χ2n) is 8.58. The minimum absolute atomic E-state index is 0.0604. The van der Waals surface area contributed by atoms with Crippen molar-refractivity contribution in [3.63, 3.8) is 0 Å². The van der Waals surface area contributed by atoms with Gasteiger partial charge in [-0.1, -0.05) is 31.0 Å². The molecule has 0 bridgehead atoms. The van der Waals surface area contributed by atoms with Crippen molar-refractivity contribution in [2.24, 2.45) is 10.9 Å². The molecule has 6 nitrogen and oxygen atoms in total. The van der Waals surface area contributed by atoms with Crippen LogP contribution in [0.4, 0.5) is 11.4 Å². The molecular weight excluding hydrogens is 406 g/mol. The van der Waals surface area contributed by atoms with Crippen molar-refractivity contribution in [1.82, 2.24) is 0 Å². The standard InChI is InChI=1S/C21H29N3O3S2/c1-23(2)16-8-10-17(11-9-16)24-18-13-29(26,27)14-19(18)28-21(24)22-20(25)12-15-6-4-3-5-7-15/h8-11,15,18-19H,3-7,12-14H2,1-2H3/t18-,19+/m1/s1. The van der Waals surface area contributed by atoms with E-state index in [1.807, 2.05) is 48.2 Å². The van der Waals surface area contributed by atoms with Crippen LogP contribution >= 0.6 is 11.8 Å². The maximum absolute atomic E-state index is 12.7. The predicted molar refractivity (Wildman–Crippen MR) is 121 cm³/mol. The van der Waals surface area contributed by atoms with Crippen LogP contribution < -0.4 is 9.80 Å². The first-order chi connectivity index (χ1) is 13.8. The largest absolute Gasteiger partial charge is 0.378 e. The third-order valence-electron chi connectivity index (χ3n) is 6.12. The van der Waals surface area contributed by atoms with Crippen LogP contribution in [0.3, 0.4) is 0 Å². The van der Waals surface area contributed by atoms with Gasteiger partial charge in [-0.05, 0) is 43.0 Å². The number of sulfone groups is 1. The van der Waals surface area contributed by atoms with E-state index in [1.165, 1.54) is 31.0 Å². The Labute approximate surface area is 177 Å². The molecule has 0 radical (unpaired) electrons. The molecule has 1 aromatic rings. The number of aliphatic imine (C=N–C) groups is 1. The van der Waals surface area contributed by atoms with E-state index in [1.54, 1.807) is 0 Å². The highest BCUT2D eigenvalue weighted by Crippen LogP contribution is 2.41. The molecule has 2 saturated heterocycles. The molecule has 2 heterocycles. The van der Waals surface area contributed by atoms with Crippen LogP contribution in [0.5, 0.6) is 0 Å². The highest BCUT2D eigenvalue weighted by Gasteiger charge is 2.49. The van der Waals surface area contributed by atoms with E-state index in [4.69, 9.17) is 0 Å². The number of carbonyl (C=O) groups excluding carboxylic acids is 1. The van der Waals surface area contributed by atoms with Crippen LogP contribution in [0, 0.1) is 5.92 Å². The number of hydrogen-bond donors (Lipinski definition) is 0. The summed E-state index contributed by atoms with van der Waals surface area (Å²) in [5.74, 6) is 0.650. The van der Waals surface area contributed by atoms with Gasteiger partial charge in [0.05, 0.1) is 17.5 Å². The third kappa shape index (κ3) is 4.63. The molecule has 2 atom stereocenters. The fourth-order valence-corrected chi connectivity index (χ4v) is 8.50. The van der Waals surface area contributed by atoms with E-state index < -0.39 is 9.84 Å². The summed E-state index contributed by atoms with van der Waals surface area (Å²) in [6.45, 7) is 0. The number of nitrogens with zero attached hydrogens (tertiary/aromatic N) is 3. The van der Waals surface area contributed by atoms with Gasteiger partial charge in [0.2, 0.25) is 5.91 Å². The van der Waals surface area contributed by atoms with E-state index >= 15 is 0 Å². The summed E-state index contributed by atoms with van der Waals surface area (Å²) in [6, 6.07) is 7.85. The lowest BCUT2D eigenvalue weighted by Gasteiger charge is -2.25. The maximum Gasteiger partial charge on any atom is 0.248 e. The lowest BCUT2D eigenvalue weighted by molar-refractivity contribution is -0.118. The summed E-state index contributed by atoms with van der Waals surface area (Å²) in [6.07, 6.45) is 6.41. The van der Waals surface area contributed by atoms with Crippen molar-refractivity contribution in [3.8, 4) is 0 Å². The molecular formula is C21H29N3O3S2. The molecule has 4 rings (SSSR count). The summed E-state index contributed by atoms with van der Waals surface area (Å²) >= 11 is 1.45. The minimum Gasteiger partial charge on any atom is -0.378 e. The molecule has 0 N–H and O–H groups in total. The van der Waals surface area contributed by atoms with Gasteiger partial charge in [0.1, 0.15) is 0 Å². The highest BCUT2D eigenvalue weighted by molar-refractivity contribution is 8.16. The number of hydrogen-bond acceptors (Lipinski definition) is 5. The first-order valence-corrected chi connectivity index (χ1v) is 13.1. The van der Waals surface area contributed by atoms with Crippen molar-refractivity contribution in [2.75, 3.05) is 35.4 Å². The lowest BCUT2D eigenvalue weighted by atomic mass is 9.87. The summed E-state index contributed by atoms with van der Waals surface area (Å²) < 4.78 is 24.4. The maximum atomic E-state index is 12.7. The van der Waals surface area contributed by atoms with Crippen LogP contribution in [0.25, 0.3) is 0 Å². The molecule has 3 fully saturated rings. The number of benzene rings is 1. The van der Waals surface area contributed by atoms with Crippen LogP contribution in [-0.2, 0) is 14.6 Å². The number of fused-ring (bicyclic) bond motifs is 1. The quantitative estimate of drug-likeness (QED) is 0.723. The smallest absolute Gasteiger partial charge is 0.248 e. The Morgan fingerprint density at radius 2 is 1.83 bits per heavy atom. The van der Waals surface area contributed by atoms with Gasteiger partial charge in [-0.3, -0.25) is 4.79 Å². The lowest BCUT2D eigenvalue weighted by Crippen LogP contribution is -2.37. The Morgan fingerprint density at radius 1 is 1.14 bits per heavy atom. The summed E-state index contributed by atoms with van der Waals surface area (Å²) in [5, 5.41) is 0.600. The zero-order valence-electron chi connectivity index (χ0n) is 17.1. The van der Waals surface area contributed by atoms with E-state index in [0.717, 1.165) is 24.2 Å². The van der Waals surface area contributed by atoms with Crippen molar-refractivity contribution < 1.29 is 13.2 Å². The number of anilines is 2. The van der Waals surface area contributed by atoms with Crippen LogP contribution in [0.2, 0.25) is 0 Å². The van der Waals surface area contributed by atoms with Gasteiger partial charge in [-0.15, -0.1) is 0 Å². The predicted octanol–water partition coefficient (Wildman–Crippen LogP) is 3.32. The normalized spacial score (nSPS) is 27.9. The van der Waals surface area contributed by atoms with E-state index in [0.29, 0.717) is 17.5 Å². The van der Waals surface area contributed by atoms with Crippen molar-refractivity contribution in [2.45, 2.75) is 49.8 Å². The Kier molecular flexibility index (Phi) is 5.93. The molecule has 8 heteroatoms. The fourth-order valence-electron chi connectivity index (χ4n) is 4.57. The van der Waals surface area contributed by atoms with E-state index in [-0.39, 0.29) is 28.7 Å². The number of thioether (sulfide) groups is 1. The monoisotopic (exact) mass is 435 g/mol.